The van der Waals surface area contributed by atoms with E-state index in [-0.39, 0.29) is 0 Å². The highest BCUT2D eigenvalue weighted by atomic mass is 16.5. The van der Waals surface area contributed by atoms with Gasteiger partial charge < -0.3 is 14.7 Å². The third-order valence-electron chi connectivity index (χ3n) is 3.54. The van der Waals surface area contributed by atoms with Gasteiger partial charge in [-0.3, -0.25) is 0 Å². The van der Waals surface area contributed by atoms with Crippen LogP contribution in [0.5, 0.6) is 6.01 Å². The summed E-state index contributed by atoms with van der Waals surface area (Å²) in [6.07, 6.45) is 6.06. The highest BCUT2D eigenvalue weighted by Gasteiger charge is 2.12. The molecule has 21 heavy (non-hydrogen) atoms. The molecule has 0 spiro atoms. The van der Waals surface area contributed by atoms with Gasteiger partial charge >= 0.3 is 6.01 Å². The molecule has 1 aromatic heterocycles. The molecule has 0 unspecified atom stereocenters. The van der Waals surface area contributed by atoms with Crippen LogP contribution in [0, 0.1) is 0 Å². The van der Waals surface area contributed by atoms with E-state index in [0.717, 1.165) is 29.9 Å². The van der Waals surface area contributed by atoms with E-state index in [1.165, 1.54) is 0 Å². The van der Waals surface area contributed by atoms with Crippen LogP contribution < -0.4 is 9.64 Å². The van der Waals surface area contributed by atoms with Crippen LogP contribution in [0.2, 0.25) is 0 Å². The van der Waals surface area contributed by atoms with E-state index in [1.54, 1.807) is 19.5 Å². The van der Waals surface area contributed by atoms with Gasteiger partial charge in [-0.2, -0.15) is 0 Å². The standard InChI is InChI=1S/C16H17N3O2/c1-21-16-17-10-13(11-18-16)12-3-2-4-14(9-12)19-7-5-15(20)6-8-19/h2-5,9-11,20H,6-8H2,1H3. The Bertz CT molecular complexity index is 653. The molecule has 5 heteroatoms. The molecule has 5 nitrogen and oxygen atoms in total. The van der Waals surface area contributed by atoms with Gasteiger partial charge in [0.05, 0.1) is 12.9 Å². The summed E-state index contributed by atoms with van der Waals surface area (Å²) < 4.78 is 4.97. The molecule has 0 bridgehead atoms. The molecule has 3 rings (SSSR count). The average Bonchev–Trinajstić information content (AvgIpc) is 2.56. The molecule has 0 saturated carbocycles. The van der Waals surface area contributed by atoms with Gasteiger partial charge in [0.1, 0.15) is 0 Å². The van der Waals surface area contributed by atoms with Gasteiger partial charge in [0.2, 0.25) is 0 Å². The monoisotopic (exact) mass is 283 g/mol. The number of aliphatic hydroxyl groups is 1. The topological polar surface area (TPSA) is 58.5 Å². The lowest BCUT2D eigenvalue weighted by Crippen LogP contribution is -2.28. The molecule has 1 aliphatic rings. The zero-order chi connectivity index (χ0) is 14.7. The van der Waals surface area contributed by atoms with Crippen LogP contribution >= 0.6 is 0 Å². The van der Waals surface area contributed by atoms with Crippen LogP contribution in [-0.4, -0.2) is 35.3 Å². The minimum atomic E-state index is 0.367. The quantitative estimate of drug-likeness (QED) is 0.938. The summed E-state index contributed by atoms with van der Waals surface area (Å²) in [5.74, 6) is 0.478. The third-order valence-corrected chi connectivity index (χ3v) is 3.54. The normalized spacial score (nSPS) is 14.7. The van der Waals surface area contributed by atoms with Gasteiger partial charge in [0.15, 0.2) is 0 Å². The molecule has 108 valence electrons. The van der Waals surface area contributed by atoms with E-state index in [0.29, 0.717) is 18.2 Å². The largest absolute Gasteiger partial charge is 0.513 e. The summed E-state index contributed by atoms with van der Waals surface area (Å²) in [5, 5.41) is 9.46. The Morgan fingerprint density at radius 3 is 2.67 bits per heavy atom. The van der Waals surface area contributed by atoms with Gasteiger partial charge in [-0.15, -0.1) is 0 Å². The van der Waals surface area contributed by atoms with Crippen LogP contribution in [0.15, 0.2) is 48.5 Å². The van der Waals surface area contributed by atoms with Gasteiger partial charge in [0, 0.05) is 43.2 Å². The number of hydrogen-bond donors (Lipinski definition) is 1. The maximum Gasteiger partial charge on any atom is 0.316 e. The predicted octanol–water partition coefficient (Wildman–Crippen LogP) is 2.80. The first kappa shape index (κ1) is 13.4. The Kier molecular flexibility index (Phi) is 3.73. The van der Waals surface area contributed by atoms with Gasteiger partial charge in [0.25, 0.3) is 0 Å². The Morgan fingerprint density at radius 2 is 2.00 bits per heavy atom. The van der Waals surface area contributed by atoms with Crippen LogP contribution in [-0.2, 0) is 0 Å². The van der Waals surface area contributed by atoms with Crippen molar-refractivity contribution in [3.05, 3.63) is 48.5 Å². The summed E-state index contributed by atoms with van der Waals surface area (Å²) in [6.45, 7) is 1.55. The second-order valence-corrected chi connectivity index (χ2v) is 4.90. The molecule has 1 N–H and O–H groups in total. The molecule has 2 heterocycles. The Morgan fingerprint density at radius 1 is 1.19 bits per heavy atom. The van der Waals surface area contributed by atoms with Crippen molar-refractivity contribution in [1.82, 2.24) is 9.97 Å². The fraction of sp³-hybridized carbons (Fsp3) is 0.250. The number of anilines is 1. The lowest BCUT2D eigenvalue weighted by Gasteiger charge is -2.27. The molecule has 2 aromatic rings. The Balaban J connectivity index is 1.85. The van der Waals surface area contributed by atoms with E-state index in [4.69, 9.17) is 4.74 Å². The number of benzene rings is 1. The minimum Gasteiger partial charge on any atom is -0.513 e. The molecule has 0 atom stereocenters. The molecular formula is C16H17N3O2. The smallest absolute Gasteiger partial charge is 0.316 e. The van der Waals surface area contributed by atoms with E-state index >= 15 is 0 Å². The number of rotatable bonds is 3. The molecule has 0 fully saturated rings. The number of aromatic nitrogens is 2. The zero-order valence-electron chi connectivity index (χ0n) is 11.9. The molecule has 0 aliphatic carbocycles. The number of aliphatic hydroxyl groups excluding tert-OH is 1. The van der Waals surface area contributed by atoms with E-state index in [1.807, 2.05) is 18.2 Å². The fourth-order valence-corrected chi connectivity index (χ4v) is 2.35. The lowest BCUT2D eigenvalue weighted by atomic mass is 10.1. The predicted molar refractivity (Wildman–Crippen MR) is 81.6 cm³/mol. The van der Waals surface area contributed by atoms with Crippen LogP contribution in [0.3, 0.4) is 0 Å². The SMILES string of the molecule is COc1ncc(-c2cccc(N3CC=C(O)CC3)c2)cn1. The summed E-state index contributed by atoms with van der Waals surface area (Å²) >= 11 is 0. The second kappa shape index (κ2) is 5.83. The van der Waals surface area contributed by atoms with Crippen molar-refractivity contribution >= 4 is 5.69 Å². The average molecular weight is 283 g/mol. The number of hydrogen-bond acceptors (Lipinski definition) is 5. The minimum absolute atomic E-state index is 0.367. The van der Waals surface area contributed by atoms with E-state index < -0.39 is 0 Å². The maximum atomic E-state index is 9.46. The van der Waals surface area contributed by atoms with Crippen molar-refractivity contribution < 1.29 is 9.84 Å². The van der Waals surface area contributed by atoms with Crippen LogP contribution in [0.4, 0.5) is 5.69 Å². The number of methoxy groups -OCH3 is 1. The summed E-state index contributed by atoms with van der Waals surface area (Å²) in [5.41, 5.74) is 3.15. The Labute approximate surface area is 123 Å². The van der Waals surface area contributed by atoms with Gasteiger partial charge in [-0.25, -0.2) is 9.97 Å². The summed E-state index contributed by atoms with van der Waals surface area (Å²) in [6, 6.07) is 8.61. The summed E-state index contributed by atoms with van der Waals surface area (Å²) in [4.78, 5) is 10.5. The highest BCUT2D eigenvalue weighted by Crippen LogP contribution is 2.26. The van der Waals surface area contributed by atoms with Crippen molar-refractivity contribution in [3.8, 4) is 17.1 Å². The second-order valence-electron chi connectivity index (χ2n) is 4.90. The first-order valence-electron chi connectivity index (χ1n) is 6.85. The van der Waals surface area contributed by atoms with Crippen LogP contribution in [0.25, 0.3) is 11.1 Å². The third kappa shape index (κ3) is 2.97. The van der Waals surface area contributed by atoms with Crippen molar-refractivity contribution in [2.75, 3.05) is 25.1 Å². The maximum absolute atomic E-state index is 9.46. The number of nitrogens with zero attached hydrogens (tertiary/aromatic N) is 3. The van der Waals surface area contributed by atoms with Crippen molar-refractivity contribution in [2.45, 2.75) is 6.42 Å². The van der Waals surface area contributed by atoms with Crippen molar-refractivity contribution in [1.29, 1.82) is 0 Å². The molecular weight excluding hydrogens is 266 g/mol. The van der Waals surface area contributed by atoms with Gasteiger partial charge in [-0.05, 0) is 23.8 Å². The van der Waals surface area contributed by atoms with Gasteiger partial charge in [-0.1, -0.05) is 12.1 Å². The Hall–Kier alpha value is -2.56. The zero-order valence-corrected chi connectivity index (χ0v) is 11.9. The molecule has 0 radical (unpaired) electrons. The summed E-state index contributed by atoms with van der Waals surface area (Å²) in [7, 11) is 1.55. The number of ether oxygens (including phenoxy) is 1. The van der Waals surface area contributed by atoms with E-state index in [9.17, 15) is 5.11 Å². The first-order chi connectivity index (χ1) is 10.3. The van der Waals surface area contributed by atoms with E-state index in [2.05, 4.69) is 27.0 Å². The van der Waals surface area contributed by atoms with Crippen LogP contribution in [0.1, 0.15) is 6.42 Å². The molecule has 0 amide bonds. The fourth-order valence-electron chi connectivity index (χ4n) is 2.35. The molecule has 1 aliphatic heterocycles. The molecule has 1 aromatic carbocycles. The van der Waals surface area contributed by atoms with Crippen molar-refractivity contribution in [3.63, 3.8) is 0 Å². The highest BCUT2D eigenvalue weighted by molar-refractivity contribution is 5.67. The first-order valence-corrected chi connectivity index (χ1v) is 6.85. The van der Waals surface area contributed by atoms with Crippen molar-refractivity contribution in [2.24, 2.45) is 0 Å². The lowest BCUT2D eigenvalue weighted by molar-refractivity contribution is 0.379. The molecule has 0 saturated heterocycles.